The molecular formula is C14H22N2O2. The molecule has 1 aliphatic heterocycles. The van der Waals surface area contributed by atoms with Crippen molar-refractivity contribution in [1.29, 1.82) is 0 Å². The highest BCUT2D eigenvalue weighted by Crippen LogP contribution is 2.36. The van der Waals surface area contributed by atoms with Crippen molar-refractivity contribution in [3.05, 3.63) is 17.0 Å². The lowest BCUT2D eigenvalue weighted by molar-refractivity contribution is -0.135. The number of hydrogen-bond donors (Lipinski definition) is 0. The lowest BCUT2D eigenvalue weighted by Gasteiger charge is -2.26. The van der Waals surface area contributed by atoms with Crippen LogP contribution in [0.5, 0.6) is 0 Å². The normalized spacial score (nSPS) is 19.8. The quantitative estimate of drug-likeness (QED) is 0.828. The molecule has 4 heteroatoms. The highest BCUT2D eigenvalue weighted by atomic mass is 16.5. The van der Waals surface area contributed by atoms with E-state index in [0.717, 1.165) is 42.8 Å². The van der Waals surface area contributed by atoms with Crippen LogP contribution >= 0.6 is 0 Å². The van der Waals surface area contributed by atoms with Crippen LogP contribution in [0, 0.1) is 12.8 Å². The van der Waals surface area contributed by atoms with Gasteiger partial charge in [0.1, 0.15) is 5.76 Å². The number of aromatic nitrogens is 1. The zero-order chi connectivity index (χ0) is 13.3. The second kappa shape index (κ2) is 5.12. The molecule has 1 aromatic rings. The summed E-state index contributed by atoms with van der Waals surface area (Å²) in [7, 11) is 0. The van der Waals surface area contributed by atoms with E-state index in [1.54, 1.807) is 0 Å². The van der Waals surface area contributed by atoms with Crippen LogP contribution in [0.2, 0.25) is 0 Å². The average Bonchev–Trinajstić information content (AvgIpc) is 2.93. The van der Waals surface area contributed by atoms with Crippen molar-refractivity contribution >= 4 is 5.91 Å². The van der Waals surface area contributed by atoms with E-state index in [1.165, 1.54) is 0 Å². The molecule has 0 aliphatic carbocycles. The third-order valence-electron chi connectivity index (χ3n) is 3.67. The molecule has 0 spiro atoms. The SMILES string of the molecule is CCc1onc(C)c1[C@H]1CCCN1C(=O)C(C)C. The predicted molar refractivity (Wildman–Crippen MR) is 69.1 cm³/mol. The van der Waals surface area contributed by atoms with Crippen LogP contribution < -0.4 is 0 Å². The van der Waals surface area contributed by atoms with Crippen molar-refractivity contribution in [2.75, 3.05) is 6.54 Å². The van der Waals surface area contributed by atoms with Gasteiger partial charge in [0.2, 0.25) is 5.91 Å². The van der Waals surface area contributed by atoms with Crippen LogP contribution in [0.15, 0.2) is 4.52 Å². The minimum atomic E-state index is 0.0517. The van der Waals surface area contributed by atoms with Gasteiger partial charge in [-0.3, -0.25) is 4.79 Å². The van der Waals surface area contributed by atoms with Crippen molar-refractivity contribution in [2.24, 2.45) is 5.92 Å². The maximum atomic E-state index is 12.2. The molecule has 2 heterocycles. The molecule has 0 bridgehead atoms. The van der Waals surface area contributed by atoms with Crippen LogP contribution in [0.3, 0.4) is 0 Å². The number of likely N-dealkylation sites (tertiary alicyclic amines) is 1. The summed E-state index contributed by atoms with van der Waals surface area (Å²) in [6.07, 6.45) is 2.92. The van der Waals surface area contributed by atoms with E-state index in [1.807, 2.05) is 25.7 Å². The van der Waals surface area contributed by atoms with E-state index in [9.17, 15) is 4.79 Å². The minimum absolute atomic E-state index is 0.0517. The summed E-state index contributed by atoms with van der Waals surface area (Å²) in [6, 6.07) is 0.168. The second-order valence-electron chi connectivity index (χ2n) is 5.30. The van der Waals surface area contributed by atoms with Gasteiger partial charge >= 0.3 is 0 Å². The molecule has 1 atom stereocenters. The van der Waals surface area contributed by atoms with E-state index in [2.05, 4.69) is 12.1 Å². The van der Waals surface area contributed by atoms with Crippen LogP contribution in [0.4, 0.5) is 0 Å². The van der Waals surface area contributed by atoms with Gasteiger partial charge < -0.3 is 9.42 Å². The number of rotatable bonds is 3. The van der Waals surface area contributed by atoms with Crippen molar-refractivity contribution in [3.63, 3.8) is 0 Å². The minimum Gasteiger partial charge on any atom is -0.361 e. The molecule has 0 unspecified atom stereocenters. The summed E-state index contributed by atoms with van der Waals surface area (Å²) >= 11 is 0. The lowest BCUT2D eigenvalue weighted by atomic mass is 10.0. The maximum absolute atomic E-state index is 12.2. The van der Waals surface area contributed by atoms with Gasteiger partial charge in [-0.15, -0.1) is 0 Å². The molecule has 2 rings (SSSR count). The van der Waals surface area contributed by atoms with Crippen molar-refractivity contribution in [3.8, 4) is 0 Å². The molecule has 0 saturated carbocycles. The molecule has 1 saturated heterocycles. The van der Waals surface area contributed by atoms with Gasteiger partial charge in [-0.1, -0.05) is 25.9 Å². The monoisotopic (exact) mass is 250 g/mol. The molecule has 0 aromatic carbocycles. The Morgan fingerprint density at radius 3 is 2.89 bits per heavy atom. The Kier molecular flexibility index (Phi) is 3.73. The zero-order valence-electron chi connectivity index (χ0n) is 11.7. The number of hydrogen-bond acceptors (Lipinski definition) is 3. The molecule has 4 nitrogen and oxygen atoms in total. The van der Waals surface area contributed by atoms with E-state index in [-0.39, 0.29) is 17.9 Å². The first kappa shape index (κ1) is 13.1. The smallest absolute Gasteiger partial charge is 0.225 e. The van der Waals surface area contributed by atoms with Gasteiger partial charge in [0.15, 0.2) is 0 Å². The number of aryl methyl sites for hydroxylation is 2. The first-order valence-electron chi connectivity index (χ1n) is 6.81. The first-order valence-corrected chi connectivity index (χ1v) is 6.81. The summed E-state index contributed by atoms with van der Waals surface area (Å²) in [6.45, 7) is 8.80. The molecule has 1 aliphatic rings. The topological polar surface area (TPSA) is 46.3 Å². The molecule has 1 amide bonds. The average molecular weight is 250 g/mol. The van der Waals surface area contributed by atoms with Crippen molar-refractivity contribution in [1.82, 2.24) is 10.1 Å². The van der Waals surface area contributed by atoms with Crippen LogP contribution in [0.1, 0.15) is 56.7 Å². The standard InChI is InChI=1S/C14H22N2O2/c1-5-12-13(10(4)15-18-12)11-7-6-8-16(11)14(17)9(2)3/h9,11H,5-8H2,1-4H3/t11-/m1/s1. The number of amides is 1. The third-order valence-corrected chi connectivity index (χ3v) is 3.67. The largest absolute Gasteiger partial charge is 0.361 e. The highest BCUT2D eigenvalue weighted by molar-refractivity contribution is 5.79. The van der Waals surface area contributed by atoms with Crippen LogP contribution in [0.25, 0.3) is 0 Å². The molecule has 0 N–H and O–H groups in total. The molecule has 18 heavy (non-hydrogen) atoms. The Balaban J connectivity index is 2.31. The molecule has 1 aromatic heterocycles. The van der Waals surface area contributed by atoms with E-state index < -0.39 is 0 Å². The number of carbonyl (C=O) groups excluding carboxylic acids is 1. The van der Waals surface area contributed by atoms with Crippen molar-refractivity contribution < 1.29 is 9.32 Å². The third kappa shape index (κ3) is 2.16. The summed E-state index contributed by atoms with van der Waals surface area (Å²) in [5.41, 5.74) is 2.07. The van der Waals surface area contributed by atoms with E-state index >= 15 is 0 Å². The Labute approximate surface area is 108 Å². The zero-order valence-corrected chi connectivity index (χ0v) is 11.7. The van der Waals surface area contributed by atoms with Gasteiger partial charge in [-0.25, -0.2) is 0 Å². The summed E-state index contributed by atoms with van der Waals surface area (Å²) in [5, 5.41) is 4.06. The molecular weight excluding hydrogens is 228 g/mol. The van der Waals surface area contributed by atoms with Gasteiger partial charge in [0, 0.05) is 24.4 Å². The van der Waals surface area contributed by atoms with Gasteiger partial charge in [-0.05, 0) is 19.8 Å². The predicted octanol–water partition coefficient (Wildman–Crippen LogP) is 2.86. The Morgan fingerprint density at radius 2 is 2.28 bits per heavy atom. The molecule has 1 fully saturated rings. The number of nitrogens with zero attached hydrogens (tertiary/aromatic N) is 2. The van der Waals surface area contributed by atoms with Gasteiger partial charge in [0.05, 0.1) is 11.7 Å². The second-order valence-corrected chi connectivity index (χ2v) is 5.30. The van der Waals surface area contributed by atoms with Crippen LogP contribution in [-0.2, 0) is 11.2 Å². The lowest BCUT2D eigenvalue weighted by Crippen LogP contribution is -2.34. The van der Waals surface area contributed by atoms with E-state index in [4.69, 9.17) is 4.52 Å². The Bertz CT molecular complexity index is 437. The Hall–Kier alpha value is -1.32. The first-order chi connectivity index (χ1) is 8.56. The molecule has 100 valence electrons. The fourth-order valence-electron chi connectivity index (χ4n) is 2.77. The van der Waals surface area contributed by atoms with Gasteiger partial charge in [-0.2, -0.15) is 0 Å². The maximum Gasteiger partial charge on any atom is 0.225 e. The Morgan fingerprint density at radius 1 is 1.56 bits per heavy atom. The summed E-state index contributed by atoms with van der Waals surface area (Å²) in [4.78, 5) is 14.2. The summed E-state index contributed by atoms with van der Waals surface area (Å²) in [5.74, 6) is 1.22. The van der Waals surface area contributed by atoms with Gasteiger partial charge in [0.25, 0.3) is 0 Å². The van der Waals surface area contributed by atoms with Crippen LogP contribution in [-0.4, -0.2) is 22.5 Å². The fourth-order valence-corrected chi connectivity index (χ4v) is 2.77. The van der Waals surface area contributed by atoms with E-state index in [0.29, 0.717) is 0 Å². The molecule has 0 radical (unpaired) electrons. The summed E-state index contributed by atoms with van der Waals surface area (Å²) < 4.78 is 5.36. The van der Waals surface area contributed by atoms with Crippen molar-refractivity contribution in [2.45, 2.75) is 53.0 Å². The number of carbonyl (C=O) groups is 1. The highest BCUT2D eigenvalue weighted by Gasteiger charge is 2.34. The fraction of sp³-hybridized carbons (Fsp3) is 0.714.